The summed E-state index contributed by atoms with van der Waals surface area (Å²) in [6.45, 7) is 4.37. The van der Waals surface area contributed by atoms with E-state index in [0.717, 1.165) is 51.2 Å². The van der Waals surface area contributed by atoms with E-state index < -0.39 is 0 Å². The number of urea groups is 1. The Balaban J connectivity index is 1.38. The number of amides is 2. The Morgan fingerprint density at radius 1 is 0.957 bits per heavy atom. The maximum atomic E-state index is 12.4. The van der Waals surface area contributed by atoms with Crippen molar-refractivity contribution < 1.29 is 9.90 Å². The van der Waals surface area contributed by atoms with E-state index >= 15 is 0 Å². The van der Waals surface area contributed by atoms with Crippen LogP contribution >= 0.6 is 0 Å². The molecular weight excluding hydrogens is 290 g/mol. The summed E-state index contributed by atoms with van der Waals surface area (Å²) < 4.78 is 0. The van der Waals surface area contributed by atoms with Gasteiger partial charge in [0, 0.05) is 32.2 Å². The van der Waals surface area contributed by atoms with Crippen LogP contribution in [-0.4, -0.2) is 65.8 Å². The van der Waals surface area contributed by atoms with Crippen LogP contribution in [0.2, 0.25) is 0 Å². The Bertz CT molecular complexity index is 376. The Morgan fingerprint density at radius 2 is 1.70 bits per heavy atom. The number of piperidine rings is 1. The number of nitrogens with zero attached hydrogens (tertiary/aromatic N) is 2. The lowest BCUT2D eigenvalue weighted by Gasteiger charge is -2.36. The van der Waals surface area contributed by atoms with E-state index in [-0.39, 0.29) is 18.7 Å². The molecule has 1 unspecified atom stereocenters. The summed E-state index contributed by atoms with van der Waals surface area (Å²) in [5.74, 6) is 0.907. The van der Waals surface area contributed by atoms with Gasteiger partial charge < -0.3 is 20.2 Å². The molecule has 0 radical (unpaired) electrons. The van der Waals surface area contributed by atoms with E-state index in [1.807, 2.05) is 4.90 Å². The number of carbonyl (C=O) groups is 1. The van der Waals surface area contributed by atoms with Crippen LogP contribution in [0.1, 0.15) is 57.8 Å². The van der Waals surface area contributed by atoms with E-state index in [1.165, 1.54) is 38.6 Å². The number of rotatable bonds is 4. The number of aliphatic hydroxyl groups excluding tert-OH is 1. The fourth-order valence-corrected chi connectivity index (χ4v) is 4.55. The Morgan fingerprint density at radius 3 is 2.39 bits per heavy atom. The van der Waals surface area contributed by atoms with Crippen molar-refractivity contribution in [2.24, 2.45) is 5.92 Å². The van der Waals surface area contributed by atoms with Crippen LogP contribution in [0.25, 0.3) is 0 Å². The molecule has 2 saturated heterocycles. The molecule has 3 fully saturated rings. The topological polar surface area (TPSA) is 55.8 Å². The molecule has 1 aliphatic carbocycles. The summed E-state index contributed by atoms with van der Waals surface area (Å²) in [6, 6.07) is 0.374. The van der Waals surface area contributed by atoms with Gasteiger partial charge in [-0.25, -0.2) is 4.79 Å². The van der Waals surface area contributed by atoms with Crippen LogP contribution in [0.3, 0.4) is 0 Å². The normalized spacial score (nSPS) is 28.2. The Hall–Kier alpha value is -0.810. The number of likely N-dealkylation sites (tertiary alicyclic amines) is 2. The summed E-state index contributed by atoms with van der Waals surface area (Å²) in [5.41, 5.74) is 0. The van der Waals surface area contributed by atoms with Gasteiger partial charge in [-0.2, -0.15) is 0 Å². The highest BCUT2D eigenvalue weighted by molar-refractivity contribution is 5.75. The minimum Gasteiger partial charge on any atom is -0.394 e. The Labute approximate surface area is 140 Å². The average molecular weight is 323 g/mol. The van der Waals surface area contributed by atoms with Crippen molar-refractivity contribution >= 4 is 6.03 Å². The lowest BCUT2D eigenvalue weighted by Crippen LogP contribution is -2.51. The fraction of sp³-hybridized carbons (Fsp3) is 0.944. The van der Waals surface area contributed by atoms with Gasteiger partial charge in [-0.3, -0.25) is 0 Å². The van der Waals surface area contributed by atoms with Gasteiger partial charge in [0.1, 0.15) is 0 Å². The summed E-state index contributed by atoms with van der Waals surface area (Å²) in [7, 11) is 0. The molecule has 0 bridgehead atoms. The van der Waals surface area contributed by atoms with Crippen LogP contribution in [0.5, 0.6) is 0 Å². The molecule has 3 rings (SSSR count). The maximum absolute atomic E-state index is 12.4. The highest BCUT2D eigenvalue weighted by Gasteiger charge is 2.30. The third kappa shape index (κ3) is 4.60. The zero-order valence-corrected chi connectivity index (χ0v) is 14.4. The SMILES string of the molecule is O=C(NC1CCN(CC2CCCCC2)CC1)N1CCCC1CO. The van der Waals surface area contributed by atoms with Gasteiger partial charge in [0.15, 0.2) is 0 Å². The maximum Gasteiger partial charge on any atom is 0.317 e. The van der Waals surface area contributed by atoms with Crippen molar-refractivity contribution in [3.63, 3.8) is 0 Å². The lowest BCUT2D eigenvalue weighted by atomic mass is 9.88. The summed E-state index contributed by atoms with van der Waals surface area (Å²) >= 11 is 0. The molecule has 1 atom stereocenters. The highest BCUT2D eigenvalue weighted by Crippen LogP contribution is 2.25. The first-order chi connectivity index (χ1) is 11.3. The first kappa shape index (κ1) is 17.0. The summed E-state index contributed by atoms with van der Waals surface area (Å²) in [6.07, 6.45) is 11.2. The van der Waals surface area contributed by atoms with Crippen LogP contribution in [0.15, 0.2) is 0 Å². The van der Waals surface area contributed by atoms with Crippen LogP contribution in [0, 0.1) is 5.92 Å². The molecule has 0 aromatic rings. The van der Waals surface area contributed by atoms with E-state index in [4.69, 9.17) is 0 Å². The van der Waals surface area contributed by atoms with Gasteiger partial charge in [0.2, 0.25) is 0 Å². The molecule has 23 heavy (non-hydrogen) atoms. The van der Waals surface area contributed by atoms with Crippen molar-refractivity contribution in [1.82, 2.24) is 15.1 Å². The predicted octanol–water partition coefficient (Wildman–Crippen LogP) is 2.20. The molecule has 2 amide bonds. The van der Waals surface area contributed by atoms with Gasteiger partial charge in [-0.15, -0.1) is 0 Å². The van der Waals surface area contributed by atoms with Crippen molar-refractivity contribution in [3.8, 4) is 0 Å². The zero-order valence-electron chi connectivity index (χ0n) is 14.4. The first-order valence-corrected chi connectivity index (χ1v) is 9.66. The molecule has 1 saturated carbocycles. The van der Waals surface area contributed by atoms with Gasteiger partial charge >= 0.3 is 6.03 Å². The molecule has 3 aliphatic rings. The van der Waals surface area contributed by atoms with Gasteiger partial charge in [0.05, 0.1) is 12.6 Å². The van der Waals surface area contributed by atoms with Crippen LogP contribution in [-0.2, 0) is 0 Å². The monoisotopic (exact) mass is 323 g/mol. The molecule has 5 heteroatoms. The highest BCUT2D eigenvalue weighted by atomic mass is 16.3. The fourth-order valence-electron chi connectivity index (χ4n) is 4.55. The van der Waals surface area contributed by atoms with Crippen molar-refractivity contribution in [1.29, 1.82) is 0 Å². The van der Waals surface area contributed by atoms with Crippen molar-refractivity contribution in [2.75, 3.05) is 32.8 Å². The molecule has 2 N–H and O–H groups in total. The third-order valence-corrected chi connectivity index (χ3v) is 6.01. The van der Waals surface area contributed by atoms with Gasteiger partial charge in [-0.05, 0) is 44.4 Å². The van der Waals surface area contributed by atoms with Crippen LogP contribution < -0.4 is 5.32 Å². The molecule has 2 heterocycles. The first-order valence-electron chi connectivity index (χ1n) is 9.66. The Kier molecular flexibility index (Phi) is 6.17. The second-order valence-electron chi connectivity index (χ2n) is 7.70. The number of hydrogen-bond acceptors (Lipinski definition) is 3. The summed E-state index contributed by atoms with van der Waals surface area (Å²) in [5, 5.41) is 12.6. The van der Waals surface area contributed by atoms with E-state index in [0.29, 0.717) is 6.04 Å². The molecule has 2 aliphatic heterocycles. The second kappa shape index (κ2) is 8.34. The quantitative estimate of drug-likeness (QED) is 0.834. The molecule has 0 aromatic carbocycles. The van der Waals surface area contributed by atoms with Crippen molar-refractivity contribution in [2.45, 2.75) is 69.9 Å². The third-order valence-electron chi connectivity index (χ3n) is 6.01. The summed E-state index contributed by atoms with van der Waals surface area (Å²) in [4.78, 5) is 16.8. The largest absolute Gasteiger partial charge is 0.394 e. The van der Waals surface area contributed by atoms with Gasteiger partial charge in [0.25, 0.3) is 0 Å². The lowest BCUT2D eigenvalue weighted by molar-refractivity contribution is 0.137. The number of aliphatic hydroxyl groups is 1. The molecular formula is C18H33N3O2. The smallest absolute Gasteiger partial charge is 0.317 e. The molecule has 132 valence electrons. The van der Waals surface area contributed by atoms with Crippen LogP contribution in [0.4, 0.5) is 4.79 Å². The second-order valence-corrected chi connectivity index (χ2v) is 7.70. The van der Waals surface area contributed by atoms with E-state index in [1.54, 1.807) is 0 Å². The van der Waals surface area contributed by atoms with E-state index in [9.17, 15) is 9.90 Å². The van der Waals surface area contributed by atoms with Gasteiger partial charge in [-0.1, -0.05) is 19.3 Å². The zero-order chi connectivity index (χ0) is 16.1. The predicted molar refractivity (Wildman–Crippen MR) is 91.4 cm³/mol. The minimum absolute atomic E-state index is 0.0291. The van der Waals surface area contributed by atoms with Crippen molar-refractivity contribution in [3.05, 3.63) is 0 Å². The number of carbonyl (C=O) groups excluding carboxylic acids is 1. The molecule has 0 spiro atoms. The minimum atomic E-state index is 0.0291. The number of nitrogens with one attached hydrogen (secondary N) is 1. The molecule has 5 nitrogen and oxygen atoms in total. The van der Waals surface area contributed by atoms with E-state index in [2.05, 4.69) is 10.2 Å². The standard InChI is InChI=1S/C18H33N3O2/c22-14-17-7-4-10-21(17)18(23)19-16-8-11-20(12-9-16)13-15-5-2-1-3-6-15/h15-17,22H,1-14H2,(H,19,23). The average Bonchev–Trinajstić information content (AvgIpc) is 3.06. The number of hydrogen-bond donors (Lipinski definition) is 2. The molecule has 0 aromatic heterocycles.